The van der Waals surface area contributed by atoms with Gasteiger partial charge in [0.25, 0.3) is 5.91 Å². The average molecular weight is 377 g/mol. The van der Waals surface area contributed by atoms with E-state index in [1.807, 2.05) is 17.7 Å². The smallest absolute Gasteiger partial charge is 0.300 e. The van der Waals surface area contributed by atoms with Crippen molar-refractivity contribution in [1.82, 2.24) is 14.3 Å². The summed E-state index contributed by atoms with van der Waals surface area (Å²) in [7, 11) is 1.67. The molecule has 0 saturated carbocycles. The van der Waals surface area contributed by atoms with Crippen LogP contribution in [0.3, 0.4) is 0 Å². The molecule has 8 heteroatoms. The predicted octanol–water partition coefficient (Wildman–Crippen LogP) is 3.03. The summed E-state index contributed by atoms with van der Waals surface area (Å²) in [6.07, 6.45) is 3.84. The molecule has 1 aromatic carbocycles. The van der Waals surface area contributed by atoms with E-state index < -0.39 is 0 Å². The summed E-state index contributed by atoms with van der Waals surface area (Å²) in [5, 5.41) is 4.24. The van der Waals surface area contributed by atoms with E-state index in [1.165, 1.54) is 16.2 Å². The summed E-state index contributed by atoms with van der Waals surface area (Å²) in [4.78, 5) is 18.7. The number of aryl methyl sites for hydroxylation is 1. The van der Waals surface area contributed by atoms with Gasteiger partial charge < -0.3 is 9.30 Å². The molecule has 3 aromatic rings. The topological polar surface area (TPSA) is 61.4 Å². The van der Waals surface area contributed by atoms with E-state index in [2.05, 4.69) is 28.3 Å². The highest BCUT2D eigenvalue weighted by molar-refractivity contribution is 7.98. The van der Waals surface area contributed by atoms with Crippen molar-refractivity contribution in [1.29, 1.82) is 0 Å². The summed E-state index contributed by atoms with van der Waals surface area (Å²) in [6.45, 7) is 3.90. The van der Waals surface area contributed by atoms with Gasteiger partial charge in [-0.15, -0.1) is 11.8 Å². The van der Waals surface area contributed by atoms with Crippen LogP contribution in [0, 0.1) is 0 Å². The number of hydrogen-bond donors (Lipinski definition) is 0. The van der Waals surface area contributed by atoms with Crippen molar-refractivity contribution >= 4 is 39.2 Å². The van der Waals surface area contributed by atoms with Crippen LogP contribution in [0.25, 0.3) is 10.2 Å². The monoisotopic (exact) mass is 376 g/mol. The first-order chi connectivity index (χ1) is 12.2. The van der Waals surface area contributed by atoms with Crippen molar-refractivity contribution < 1.29 is 9.53 Å². The predicted molar refractivity (Wildman–Crippen MR) is 101 cm³/mol. The van der Waals surface area contributed by atoms with Gasteiger partial charge >= 0.3 is 0 Å². The molecular weight excluding hydrogens is 356 g/mol. The van der Waals surface area contributed by atoms with Crippen molar-refractivity contribution in [3.05, 3.63) is 41.0 Å². The summed E-state index contributed by atoms with van der Waals surface area (Å²) in [5.41, 5.74) is 1.42. The quantitative estimate of drug-likeness (QED) is 0.621. The van der Waals surface area contributed by atoms with Crippen LogP contribution in [0.5, 0.6) is 0 Å². The number of methoxy groups -OCH3 is 1. The third-order valence-corrected chi connectivity index (χ3v) is 5.56. The molecule has 0 fully saturated rings. The Morgan fingerprint density at radius 1 is 1.40 bits per heavy atom. The molecule has 0 N–H and O–H groups in total. The minimum Gasteiger partial charge on any atom is -0.383 e. The molecule has 3 rings (SSSR count). The Labute approximate surface area is 154 Å². The minimum absolute atomic E-state index is 0.324. The third-order valence-electron chi connectivity index (χ3n) is 3.79. The highest BCUT2D eigenvalue weighted by Gasteiger charge is 2.11. The lowest BCUT2D eigenvalue weighted by molar-refractivity contribution is 0.0992. The van der Waals surface area contributed by atoms with Crippen LogP contribution in [-0.2, 0) is 17.8 Å². The molecule has 0 radical (unpaired) electrons. The number of fused-ring (bicyclic) bond motifs is 1. The van der Waals surface area contributed by atoms with E-state index in [9.17, 15) is 4.79 Å². The molecule has 0 bridgehead atoms. The molecule has 25 heavy (non-hydrogen) atoms. The van der Waals surface area contributed by atoms with E-state index in [0.29, 0.717) is 23.6 Å². The molecule has 132 valence electrons. The number of carbonyl (C=O) groups excluding carboxylic acids is 1. The standard InChI is InChI=1S/C17H20N4O2S2/c1-4-20-8-7-13(19-20)16(22)18-17-21(9-10-23-2)14-6-5-12(24-3)11-15(14)25-17/h5-8,11H,4,9-10H2,1-3H3. The third kappa shape index (κ3) is 3.86. The molecular formula is C17H20N4O2S2. The van der Waals surface area contributed by atoms with Gasteiger partial charge in [-0.1, -0.05) is 11.3 Å². The van der Waals surface area contributed by atoms with Crippen LogP contribution >= 0.6 is 23.1 Å². The van der Waals surface area contributed by atoms with Crippen LogP contribution in [0.2, 0.25) is 0 Å². The molecule has 0 aliphatic heterocycles. The zero-order chi connectivity index (χ0) is 17.8. The molecule has 0 atom stereocenters. The van der Waals surface area contributed by atoms with Crippen molar-refractivity contribution in [3.8, 4) is 0 Å². The van der Waals surface area contributed by atoms with Gasteiger partial charge in [0.15, 0.2) is 10.5 Å². The Kier molecular flexibility index (Phi) is 5.72. The second kappa shape index (κ2) is 7.99. The Hall–Kier alpha value is -1.90. The largest absolute Gasteiger partial charge is 0.383 e. The number of ether oxygens (including phenoxy) is 1. The van der Waals surface area contributed by atoms with Gasteiger partial charge in [0.05, 0.1) is 16.8 Å². The summed E-state index contributed by atoms with van der Waals surface area (Å²) < 4.78 is 10.1. The summed E-state index contributed by atoms with van der Waals surface area (Å²) in [5.74, 6) is -0.324. The molecule has 1 amide bonds. The summed E-state index contributed by atoms with van der Waals surface area (Å²) >= 11 is 3.21. The minimum atomic E-state index is -0.324. The first-order valence-electron chi connectivity index (χ1n) is 7.95. The Morgan fingerprint density at radius 3 is 2.92 bits per heavy atom. The fourth-order valence-electron chi connectivity index (χ4n) is 2.46. The van der Waals surface area contributed by atoms with Gasteiger partial charge in [-0.05, 0) is 37.4 Å². The molecule has 0 aliphatic rings. The summed E-state index contributed by atoms with van der Waals surface area (Å²) in [6, 6.07) is 7.98. The van der Waals surface area contributed by atoms with Gasteiger partial charge in [-0.25, -0.2) is 0 Å². The fraction of sp³-hybridized carbons (Fsp3) is 0.353. The number of nitrogens with zero attached hydrogens (tertiary/aromatic N) is 4. The molecule has 2 heterocycles. The van der Waals surface area contributed by atoms with Crippen molar-refractivity contribution in [3.63, 3.8) is 0 Å². The van der Waals surface area contributed by atoms with Gasteiger partial charge in [0.1, 0.15) is 0 Å². The highest BCUT2D eigenvalue weighted by atomic mass is 32.2. The van der Waals surface area contributed by atoms with E-state index in [4.69, 9.17) is 4.74 Å². The number of carbonyl (C=O) groups is 1. The number of benzene rings is 1. The Morgan fingerprint density at radius 2 is 2.24 bits per heavy atom. The van der Waals surface area contributed by atoms with Gasteiger partial charge in [0, 0.05) is 31.3 Å². The first-order valence-corrected chi connectivity index (χ1v) is 9.99. The number of thioether (sulfide) groups is 1. The SMILES string of the molecule is CCn1ccc(C(=O)N=c2sc3cc(SC)ccc3n2CCOC)n1. The maximum Gasteiger partial charge on any atom is 0.300 e. The van der Waals surface area contributed by atoms with Crippen molar-refractivity contribution in [2.45, 2.75) is 24.9 Å². The van der Waals surface area contributed by atoms with Crippen LogP contribution in [-0.4, -0.2) is 40.2 Å². The highest BCUT2D eigenvalue weighted by Crippen LogP contribution is 2.24. The van der Waals surface area contributed by atoms with Gasteiger partial charge in [0.2, 0.25) is 0 Å². The number of rotatable bonds is 6. The molecule has 2 aromatic heterocycles. The second-order valence-corrected chi connectivity index (χ2v) is 7.23. The normalized spacial score (nSPS) is 12.2. The van der Waals surface area contributed by atoms with Crippen LogP contribution in [0.1, 0.15) is 17.4 Å². The zero-order valence-corrected chi connectivity index (χ0v) is 16.1. The number of thiazole rings is 1. The zero-order valence-electron chi connectivity index (χ0n) is 14.4. The van der Waals surface area contributed by atoms with Crippen molar-refractivity contribution in [2.75, 3.05) is 20.0 Å². The molecule has 0 unspecified atom stereocenters. The van der Waals surface area contributed by atoms with E-state index in [-0.39, 0.29) is 5.91 Å². The van der Waals surface area contributed by atoms with Crippen LogP contribution in [0.15, 0.2) is 40.4 Å². The van der Waals surface area contributed by atoms with E-state index in [1.54, 1.807) is 35.8 Å². The van der Waals surface area contributed by atoms with Gasteiger partial charge in [-0.2, -0.15) is 10.1 Å². The van der Waals surface area contributed by atoms with Crippen LogP contribution < -0.4 is 4.80 Å². The van der Waals surface area contributed by atoms with E-state index >= 15 is 0 Å². The number of hydrogen-bond acceptors (Lipinski definition) is 5. The fourth-order valence-corrected chi connectivity index (χ4v) is 4.07. The molecule has 0 saturated heterocycles. The van der Waals surface area contributed by atoms with Gasteiger partial charge in [-0.3, -0.25) is 9.48 Å². The maximum atomic E-state index is 12.5. The number of amides is 1. The van der Waals surface area contributed by atoms with E-state index in [0.717, 1.165) is 16.8 Å². The average Bonchev–Trinajstić information content (AvgIpc) is 3.23. The first kappa shape index (κ1) is 17.9. The van der Waals surface area contributed by atoms with Crippen LogP contribution in [0.4, 0.5) is 0 Å². The molecule has 6 nitrogen and oxygen atoms in total. The molecule has 0 spiro atoms. The van der Waals surface area contributed by atoms with Crippen molar-refractivity contribution in [2.24, 2.45) is 4.99 Å². The lowest BCUT2D eigenvalue weighted by Gasteiger charge is -2.04. The maximum absolute atomic E-state index is 12.5. The Balaban J connectivity index is 2.07. The lowest BCUT2D eigenvalue weighted by atomic mass is 10.3. The Bertz CT molecular complexity index is 955. The number of aromatic nitrogens is 3. The second-order valence-electron chi connectivity index (χ2n) is 5.34. The lowest BCUT2D eigenvalue weighted by Crippen LogP contribution is -2.19. The molecule has 0 aliphatic carbocycles.